The fourth-order valence-electron chi connectivity index (χ4n) is 21.4. The number of phenols is 1. The highest BCUT2D eigenvalue weighted by Crippen LogP contribution is 2.75. The lowest BCUT2D eigenvalue weighted by molar-refractivity contribution is -0.205. The molecule has 1 aromatic carbocycles. The van der Waals surface area contributed by atoms with Gasteiger partial charge in [0.2, 0.25) is 0 Å². The summed E-state index contributed by atoms with van der Waals surface area (Å²) in [6.45, 7) is 7.74. The number of fused-ring (bicyclic) bond motifs is 10. The van der Waals surface area contributed by atoms with Gasteiger partial charge >= 0.3 is 5.97 Å². The minimum atomic E-state index is -1.97. The molecule has 2 aliphatic heterocycles. The molecule has 2 saturated heterocycles. The number of guanidine groups is 1. The molecule has 10 aliphatic rings. The summed E-state index contributed by atoms with van der Waals surface area (Å²) in [6.07, 6.45) is 13.3. The maximum Gasteiger partial charge on any atom is 0.314 e. The molecule has 16 nitrogen and oxygen atoms in total. The number of aromatic hydroxyl groups is 1. The topological polar surface area (TPSA) is 294 Å². The zero-order chi connectivity index (χ0) is 62.9. The van der Waals surface area contributed by atoms with Crippen molar-refractivity contribution in [2.45, 2.75) is 203 Å². The lowest BCUT2D eigenvalue weighted by atomic mass is 9.39. The normalized spacial score (nSPS) is 43.7. The summed E-state index contributed by atoms with van der Waals surface area (Å²) in [5, 5.41) is 92.9. The fraction of sp³-hybridized carbons (Fsp3) is 0.718. The van der Waals surface area contributed by atoms with Crippen LogP contribution in [0.4, 0.5) is 0 Å². The van der Waals surface area contributed by atoms with Crippen LogP contribution in [0.1, 0.15) is 173 Å². The van der Waals surface area contributed by atoms with Crippen molar-refractivity contribution in [3.8, 4) is 17.6 Å². The van der Waals surface area contributed by atoms with Gasteiger partial charge in [0, 0.05) is 84.2 Å². The van der Waals surface area contributed by atoms with Crippen molar-refractivity contribution >= 4 is 45.1 Å². The lowest BCUT2D eigenvalue weighted by Gasteiger charge is -2.66. The van der Waals surface area contributed by atoms with Gasteiger partial charge in [-0.2, -0.15) is 0 Å². The predicted molar refractivity (Wildman–Crippen MR) is 345 cm³/mol. The van der Waals surface area contributed by atoms with Crippen LogP contribution in [0.15, 0.2) is 70.6 Å². The molecular formula is C71H99N5O11S2. The van der Waals surface area contributed by atoms with E-state index in [0.29, 0.717) is 48.2 Å². The number of nitrogens with two attached hydrogens (primary N) is 2. The number of H-pyrrole nitrogens is 1. The number of benzene rings is 1. The molecular weight excluding hydrogens is 1160 g/mol. The molecule has 23 atom stereocenters. The average molecular weight is 1260 g/mol. The molecule has 5 saturated carbocycles. The minimum Gasteiger partial charge on any atom is -0.508 e. The first-order valence-corrected chi connectivity index (χ1v) is 36.4. The molecule has 18 heteroatoms. The minimum absolute atomic E-state index is 0.00179. The van der Waals surface area contributed by atoms with E-state index in [0.717, 1.165) is 75.3 Å². The van der Waals surface area contributed by atoms with E-state index in [1.165, 1.54) is 16.4 Å². The molecule has 2 bridgehead atoms. The van der Waals surface area contributed by atoms with Crippen molar-refractivity contribution in [2.75, 3.05) is 24.7 Å². The third-order valence-corrected chi connectivity index (χ3v) is 27.8. The van der Waals surface area contributed by atoms with Crippen molar-refractivity contribution in [3.63, 3.8) is 0 Å². The number of esters is 1. The van der Waals surface area contributed by atoms with Crippen LogP contribution in [0.3, 0.4) is 0 Å². The summed E-state index contributed by atoms with van der Waals surface area (Å²) in [6, 6.07) is 7.43. The number of carbonyl (C=O) groups is 3. The zero-order valence-electron chi connectivity index (χ0n) is 52.6. The number of aliphatic hydroxyl groups excluding tert-OH is 4. The van der Waals surface area contributed by atoms with Crippen LogP contribution in [0.25, 0.3) is 0 Å². The zero-order valence-corrected chi connectivity index (χ0v) is 54.2. The monoisotopic (exact) mass is 1260 g/mol. The van der Waals surface area contributed by atoms with E-state index in [1.807, 2.05) is 18.5 Å². The second-order valence-electron chi connectivity index (χ2n) is 29.8. The van der Waals surface area contributed by atoms with Crippen LogP contribution in [-0.4, -0.2) is 131 Å². The van der Waals surface area contributed by atoms with Crippen molar-refractivity contribution < 1.29 is 54.9 Å². The van der Waals surface area contributed by atoms with Gasteiger partial charge in [0.15, 0.2) is 17.5 Å². The van der Waals surface area contributed by atoms with E-state index in [9.17, 15) is 35.4 Å². The van der Waals surface area contributed by atoms with Gasteiger partial charge in [-0.3, -0.25) is 19.4 Å². The molecule has 486 valence electrons. The molecule has 7 fully saturated rings. The maximum absolute atomic E-state index is 16.9. The number of hydrogen-bond acceptors (Lipinski definition) is 15. The van der Waals surface area contributed by atoms with Gasteiger partial charge in [0.1, 0.15) is 17.9 Å². The third-order valence-electron chi connectivity index (χ3n) is 25.3. The summed E-state index contributed by atoms with van der Waals surface area (Å²) < 4.78 is 6.35. The molecule has 0 spiro atoms. The smallest absolute Gasteiger partial charge is 0.314 e. The summed E-state index contributed by atoms with van der Waals surface area (Å²) >= 11 is 0. The lowest BCUT2D eigenvalue weighted by Crippen LogP contribution is -2.69. The van der Waals surface area contributed by atoms with Gasteiger partial charge < -0.3 is 62.3 Å². The highest BCUT2D eigenvalue weighted by Gasteiger charge is 2.76. The number of nitrogens with one attached hydrogen (secondary N) is 2. The number of nitrogens with zero attached hydrogens (tertiary/aromatic N) is 1. The van der Waals surface area contributed by atoms with Gasteiger partial charge in [0.05, 0.1) is 47.7 Å². The predicted octanol–water partition coefficient (Wildman–Crippen LogP) is 8.58. The number of carbonyl (C=O) groups excluding carboxylic acids is 3. The Kier molecular flexibility index (Phi) is 18.8. The first-order chi connectivity index (χ1) is 42.7. The Morgan fingerprint density at radius 2 is 1.67 bits per heavy atom. The Bertz CT molecular complexity index is 3080. The molecule has 13 N–H and O–H groups in total. The summed E-state index contributed by atoms with van der Waals surface area (Å²) in [4.78, 5) is 54.1. The third kappa shape index (κ3) is 11.4. The standard InChI is InChI=1S/C71H99N5O11S2/c1-5-56-58(59(66(84)87-56)44-23-26-74-34-44)42-10-9-11-43-32-71(86)61-52(22-24-69(71,25-27-75-67(72)73)65(43)68(4,85)57(81)29-39(3)48-21-18-41-15-14-38(2)28-49(41)50(48)30-42)70(46-12-7-6-8-13-46)33-55(80)63(82)51-37-89-88-36-45(40-16-19-47(78)20-17-40)31-54(79)53(35-77)76-62(61)64(83)60(51)70/h16-20,23,26,34,38-39,42-43,45-46,48-53,55-60,63,65,74,76-78,80-82,85-86H,5-8,11-15,21-22,24-25,27-33,35-37H2,1-4H3,(H4,72,73,75)/t38-,39+,42-,43-,45+,48-,49-,50+,51-,52-,53+,55-,56+,57+,58+,59+,60-,63+,65+,68-,69-,70-,71+/m0/s1. The second kappa shape index (κ2) is 25.9. The molecule has 12 rings (SSSR count). The number of cyclic esters (lactones) is 1. The SMILES string of the molecule is CC[C@H]1OC(=O)[C@H](c2cc[nH]c2)[C@@H]1[C@H]1C#CC[C@H]2C[C@@]3(O)C4=C5N[C@H](CO)C(=O)C[C@@H](c6ccc(O)cc6)CSSC[C@@H]6[C@@H](O)[C@@H](O)C[C@@](C7CCCCC7)([C@@H]6C5=O)[C@H]4CC[C@]3(CCN=C(N)N)[C@H]2[C@@](C)(O)[C@H](O)C[C@@H](C)[C@@H]2CC=C3CC[C@H](C)C[C@@H]3[C@@H]2C1. The fourth-order valence-corrected chi connectivity index (χ4v) is 24.2. The van der Waals surface area contributed by atoms with Crippen molar-refractivity contribution in [2.24, 2.45) is 104 Å². The number of allylic oxidation sites excluding steroid dienone is 3. The molecule has 8 aliphatic carbocycles. The van der Waals surface area contributed by atoms with Crippen LogP contribution < -0.4 is 16.8 Å². The second-order valence-corrected chi connectivity index (χ2v) is 32.3. The van der Waals surface area contributed by atoms with Gasteiger partial charge in [-0.05, 0) is 184 Å². The number of ketones is 2. The van der Waals surface area contributed by atoms with Crippen molar-refractivity contribution in [3.05, 3.63) is 76.8 Å². The van der Waals surface area contributed by atoms with Gasteiger partial charge in [-0.25, -0.2) is 0 Å². The molecule has 0 radical (unpaired) electrons. The van der Waals surface area contributed by atoms with Gasteiger partial charge in [-0.15, -0.1) is 5.92 Å². The Morgan fingerprint density at radius 1 is 0.910 bits per heavy atom. The van der Waals surface area contributed by atoms with E-state index < -0.39 is 88.5 Å². The van der Waals surface area contributed by atoms with Crippen LogP contribution >= 0.6 is 21.6 Å². The molecule has 0 amide bonds. The Labute approximate surface area is 533 Å². The number of hydrogen-bond donors (Lipinski definition) is 11. The van der Waals surface area contributed by atoms with Crippen LogP contribution in [0.2, 0.25) is 0 Å². The number of aromatic amines is 1. The van der Waals surface area contributed by atoms with E-state index >= 15 is 14.7 Å². The van der Waals surface area contributed by atoms with Gasteiger partial charge in [0.25, 0.3) is 0 Å². The summed E-state index contributed by atoms with van der Waals surface area (Å²) in [5.41, 5.74) is 9.83. The van der Waals surface area contributed by atoms with Crippen molar-refractivity contribution in [1.29, 1.82) is 0 Å². The van der Waals surface area contributed by atoms with Crippen LogP contribution in [0, 0.1) is 99.6 Å². The number of phenolic OH excluding ortho intramolecular Hbond substituents is 1. The highest BCUT2D eigenvalue weighted by atomic mass is 33.1. The summed E-state index contributed by atoms with van der Waals surface area (Å²) in [5.74, 6) is 3.31. The van der Waals surface area contributed by atoms with E-state index in [1.54, 1.807) is 42.0 Å². The van der Waals surface area contributed by atoms with E-state index in [-0.39, 0.29) is 128 Å². The average Bonchev–Trinajstić information content (AvgIpc) is 1.66. The number of aliphatic hydroxyl groups is 6. The Balaban J connectivity index is 1.06. The number of aliphatic imine (C=N–C) groups is 1. The number of ether oxygens (including phenoxy) is 1. The molecule has 2 aromatic rings. The van der Waals surface area contributed by atoms with E-state index in [2.05, 4.69) is 54.0 Å². The Hall–Kier alpha value is -4.32. The molecule has 1 aromatic heterocycles. The summed E-state index contributed by atoms with van der Waals surface area (Å²) in [7, 11) is 3.07. The number of aromatic nitrogens is 1. The number of rotatable bonds is 9. The quantitative estimate of drug-likeness (QED) is 0.0280. The molecule has 0 unspecified atom stereocenters. The van der Waals surface area contributed by atoms with Crippen LogP contribution in [0.5, 0.6) is 5.75 Å². The van der Waals surface area contributed by atoms with E-state index in [4.69, 9.17) is 16.2 Å². The largest absolute Gasteiger partial charge is 0.508 e. The van der Waals surface area contributed by atoms with Crippen LogP contribution in [-0.2, 0) is 19.1 Å². The Morgan fingerprint density at radius 3 is 2.39 bits per heavy atom. The first-order valence-electron chi connectivity index (χ1n) is 33.9. The molecule has 3 heterocycles. The van der Waals surface area contributed by atoms with Crippen molar-refractivity contribution in [1.82, 2.24) is 10.3 Å². The maximum atomic E-state index is 16.9. The first kappa shape index (κ1) is 64.8. The van der Waals surface area contributed by atoms with Gasteiger partial charge in [-0.1, -0.05) is 91.3 Å². The molecule has 89 heavy (non-hydrogen) atoms. The number of Topliss-reactive ketones (excluding diaryl/α,β-unsaturated/α-hetero) is 2. The highest BCUT2D eigenvalue weighted by molar-refractivity contribution is 8.76.